The Kier molecular flexibility index (Phi) is 5.28. The second-order valence-corrected chi connectivity index (χ2v) is 6.11. The van der Waals surface area contributed by atoms with Crippen LogP contribution in [-0.4, -0.2) is 6.54 Å². The van der Waals surface area contributed by atoms with Gasteiger partial charge in [-0.2, -0.15) is 0 Å². The van der Waals surface area contributed by atoms with Crippen molar-refractivity contribution in [1.82, 2.24) is 5.32 Å². The maximum absolute atomic E-state index is 6.35. The summed E-state index contributed by atoms with van der Waals surface area (Å²) in [7, 11) is 0. The zero-order chi connectivity index (χ0) is 13.8. The molecule has 1 unspecified atom stereocenters. The average Bonchev–Trinajstić information content (AvgIpc) is 2.85. The number of aryl methyl sites for hydroxylation is 1. The van der Waals surface area contributed by atoms with E-state index in [2.05, 4.69) is 30.6 Å². The average molecular weight is 314 g/mol. The highest BCUT2D eigenvalue weighted by Crippen LogP contribution is 2.34. The van der Waals surface area contributed by atoms with Crippen LogP contribution in [0, 0.1) is 0 Å². The van der Waals surface area contributed by atoms with Crippen LogP contribution in [0.3, 0.4) is 0 Å². The van der Waals surface area contributed by atoms with Crippen molar-refractivity contribution >= 4 is 34.5 Å². The minimum absolute atomic E-state index is 0.143. The number of hydrogen-bond acceptors (Lipinski definition) is 2. The summed E-state index contributed by atoms with van der Waals surface area (Å²) in [5.74, 6) is 0. The molecule has 0 saturated heterocycles. The van der Waals surface area contributed by atoms with Crippen molar-refractivity contribution in [1.29, 1.82) is 0 Å². The molecule has 0 fully saturated rings. The normalized spacial score (nSPS) is 12.6. The molecule has 0 aliphatic rings. The lowest BCUT2D eigenvalue weighted by Gasteiger charge is -2.20. The summed E-state index contributed by atoms with van der Waals surface area (Å²) < 4.78 is 0. The largest absolute Gasteiger partial charge is 0.306 e. The van der Waals surface area contributed by atoms with Crippen molar-refractivity contribution < 1.29 is 0 Å². The highest BCUT2D eigenvalue weighted by molar-refractivity contribution is 7.10. The van der Waals surface area contributed by atoms with E-state index in [4.69, 9.17) is 23.2 Å². The van der Waals surface area contributed by atoms with E-state index in [0.717, 1.165) is 18.5 Å². The van der Waals surface area contributed by atoms with Gasteiger partial charge >= 0.3 is 0 Å². The molecule has 1 atom stereocenters. The Labute approximate surface area is 128 Å². The van der Waals surface area contributed by atoms with Gasteiger partial charge in [0.1, 0.15) is 0 Å². The highest BCUT2D eigenvalue weighted by Gasteiger charge is 2.19. The van der Waals surface area contributed by atoms with Gasteiger partial charge < -0.3 is 5.32 Å². The quantitative estimate of drug-likeness (QED) is 0.788. The number of rotatable bonds is 5. The fourth-order valence-corrected chi connectivity index (χ4v) is 3.78. The van der Waals surface area contributed by atoms with Crippen LogP contribution in [0.4, 0.5) is 0 Å². The van der Waals surface area contributed by atoms with E-state index in [0.29, 0.717) is 10.0 Å². The van der Waals surface area contributed by atoms with Crippen molar-refractivity contribution in [3.05, 3.63) is 55.7 Å². The molecule has 102 valence electrons. The van der Waals surface area contributed by atoms with Crippen LogP contribution < -0.4 is 5.32 Å². The summed E-state index contributed by atoms with van der Waals surface area (Å²) in [4.78, 5) is 1.34. The molecule has 0 aliphatic heterocycles. The Hall–Kier alpha value is -0.540. The molecule has 0 bridgehead atoms. The molecule has 4 heteroatoms. The Morgan fingerprint density at radius 3 is 2.63 bits per heavy atom. The number of nitrogens with one attached hydrogen (secondary N) is 1. The van der Waals surface area contributed by atoms with Crippen LogP contribution >= 0.6 is 34.5 Å². The van der Waals surface area contributed by atoms with Crippen LogP contribution in [0.2, 0.25) is 10.0 Å². The zero-order valence-corrected chi connectivity index (χ0v) is 13.4. The number of benzene rings is 1. The minimum atomic E-state index is 0.143. The van der Waals surface area contributed by atoms with Gasteiger partial charge in [-0.15, -0.1) is 11.3 Å². The molecule has 0 saturated carbocycles. The molecule has 1 aromatic heterocycles. The van der Waals surface area contributed by atoms with Crippen molar-refractivity contribution in [3.8, 4) is 0 Å². The monoisotopic (exact) mass is 313 g/mol. The van der Waals surface area contributed by atoms with Gasteiger partial charge in [-0.05, 0) is 47.7 Å². The van der Waals surface area contributed by atoms with Crippen molar-refractivity contribution in [2.45, 2.75) is 26.3 Å². The van der Waals surface area contributed by atoms with E-state index in [1.165, 1.54) is 10.4 Å². The fraction of sp³-hybridized carbons (Fsp3) is 0.333. The van der Waals surface area contributed by atoms with E-state index in [-0.39, 0.29) is 6.04 Å². The molecule has 0 aliphatic carbocycles. The lowest BCUT2D eigenvalue weighted by atomic mass is 10.0. The minimum Gasteiger partial charge on any atom is -0.306 e. The summed E-state index contributed by atoms with van der Waals surface area (Å²) in [5, 5.41) is 7.05. The van der Waals surface area contributed by atoms with E-state index in [1.54, 1.807) is 11.3 Å². The van der Waals surface area contributed by atoms with Gasteiger partial charge in [0.05, 0.1) is 6.04 Å². The zero-order valence-electron chi connectivity index (χ0n) is 11.0. The van der Waals surface area contributed by atoms with Gasteiger partial charge in [0.15, 0.2) is 0 Å². The summed E-state index contributed by atoms with van der Waals surface area (Å²) in [6.45, 7) is 5.18. The first-order chi connectivity index (χ1) is 9.17. The van der Waals surface area contributed by atoms with Crippen LogP contribution in [0.1, 0.15) is 35.9 Å². The van der Waals surface area contributed by atoms with Gasteiger partial charge in [0.25, 0.3) is 0 Å². The Balaban J connectivity index is 2.45. The second-order valence-electron chi connectivity index (χ2n) is 4.32. The van der Waals surface area contributed by atoms with Crippen LogP contribution in [0.25, 0.3) is 0 Å². The molecule has 1 heterocycles. The topological polar surface area (TPSA) is 12.0 Å². The summed E-state index contributed by atoms with van der Waals surface area (Å²) in [5.41, 5.74) is 2.46. The van der Waals surface area contributed by atoms with E-state index >= 15 is 0 Å². The first-order valence-corrected chi connectivity index (χ1v) is 8.05. The molecule has 1 N–H and O–H groups in total. The predicted molar refractivity (Wildman–Crippen MR) is 85.7 cm³/mol. The van der Waals surface area contributed by atoms with E-state index in [9.17, 15) is 0 Å². The number of thiophene rings is 1. The maximum Gasteiger partial charge on any atom is 0.0688 e. The molecule has 0 radical (unpaired) electrons. The lowest BCUT2D eigenvalue weighted by molar-refractivity contribution is 0.635. The third-order valence-corrected chi connectivity index (χ3v) is 4.69. The SMILES string of the molecule is CCNC(c1ccc(Cl)cc1Cl)c1sccc1CC. The van der Waals surface area contributed by atoms with Crippen LogP contribution in [0.5, 0.6) is 0 Å². The maximum atomic E-state index is 6.35. The Morgan fingerprint density at radius 2 is 2.00 bits per heavy atom. The first-order valence-electron chi connectivity index (χ1n) is 6.42. The van der Waals surface area contributed by atoms with Gasteiger partial charge in [0.2, 0.25) is 0 Å². The molecule has 2 aromatic rings. The molecule has 0 amide bonds. The molecule has 19 heavy (non-hydrogen) atoms. The van der Waals surface area contributed by atoms with Crippen molar-refractivity contribution in [3.63, 3.8) is 0 Å². The number of halogens is 2. The van der Waals surface area contributed by atoms with Crippen molar-refractivity contribution in [2.24, 2.45) is 0 Å². The molecular formula is C15H17Cl2NS. The van der Waals surface area contributed by atoms with Crippen molar-refractivity contribution in [2.75, 3.05) is 6.54 Å². The molecule has 1 nitrogen and oxygen atoms in total. The molecule has 0 spiro atoms. The summed E-state index contributed by atoms with van der Waals surface area (Å²) in [6.07, 6.45) is 1.03. The van der Waals surface area contributed by atoms with Gasteiger partial charge in [-0.3, -0.25) is 0 Å². The third-order valence-electron chi connectivity index (χ3n) is 3.11. The Morgan fingerprint density at radius 1 is 1.21 bits per heavy atom. The van der Waals surface area contributed by atoms with E-state index in [1.807, 2.05) is 18.2 Å². The summed E-state index contributed by atoms with van der Waals surface area (Å²) >= 11 is 14.1. The predicted octanol–water partition coefficient (Wildman–Crippen LogP) is 5.32. The van der Waals surface area contributed by atoms with Gasteiger partial charge in [-0.25, -0.2) is 0 Å². The molecule has 2 rings (SSSR count). The Bertz CT molecular complexity index is 551. The van der Waals surface area contributed by atoms with E-state index < -0.39 is 0 Å². The van der Waals surface area contributed by atoms with Gasteiger partial charge in [0, 0.05) is 14.9 Å². The first kappa shape index (κ1) is 14.9. The van der Waals surface area contributed by atoms with Crippen LogP contribution in [-0.2, 0) is 6.42 Å². The fourth-order valence-electron chi connectivity index (χ4n) is 2.18. The molecular weight excluding hydrogens is 297 g/mol. The smallest absolute Gasteiger partial charge is 0.0688 e. The third kappa shape index (κ3) is 3.32. The number of hydrogen-bond donors (Lipinski definition) is 1. The lowest BCUT2D eigenvalue weighted by Crippen LogP contribution is -2.22. The second kappa shape index (κ2) is 6.76. The molecule has 1 aromatic carbocycles. The standard InChI is InChI=1S/C15H17Cl2NS/c1-3-10-7-8-19-15(10)14(18-4-2)12-6-5-11(16)9-13(12)17/h5-9,14,18H,3-4H2,1-2H3. The summed E-state index contributed by atoms with van der Waals surface area (Å²) in [6, 6.07) is 8.05. The highest BCUT2D eigenvalue weighted by atomic mass is 35.5. The van der Waals surface area contributed by atoms with Gasteiger partial charge in [-0.1, -0.05) is 43.1 Å². The van der Waals surface area contributed by atoms with Crippen LogP contribution in [0.15, 0.2) is 29.6 Å².